The maximum atomic E-state index is 4.38. The summed E-state index contributed by atoms with van der Waals surface area (Å²) in [6.45, 7) is 3.10. The lowest BCUT2D eigenvalue weighted by atomic mass is 10.4. The van der Waals surface area contributed by atoms with E-state index in [0.717, 1.165) is 31.4 Å². The van der Waals surface area contributed by atoms with Crippen molar-refractivity contribution >= 4 is 5.95 Å². The molecule has 5 nitrogen and oxygen atoms in total. The van der Waals surface area contributed by atoms with E-state index in [4.69, 9.17) is 0 Å². The number of nitrogens with one attached hydrogen (secondary N) is 1. The van der Waals surface area contributed by atoms with Crippen LogP contribution in [-0.4, -0.2) is 34.9 Å². The standard InChI is InChI=1S/C11H19N5/c1-12-8-10-13-14-11(15-6-2-3-7-15)16(10)9-4-5-9/h9,12H,2-8H2,1H3. The minimum Gasteiger partial charge on any atom is -0.341 e. The van der Waals surface area contributed by atoms with Gasteiger partial charge >= 0.3 is 0 Å². The van der Waals surface area contributed by atoms with E-state index in [1.54, 1.807) is 0 Å². The molecule has 2 aliphatic rings. The molecule has 2 fully saturated rings. The molecule has 1 aromatic rings. The average Bonchev–Trinajstić information content (AvgIpc) is 2.82. The van der Waals surface area contributed by atoms with Gasteiger partial charge in [-0.15, -0.1) is 10.2 Å². The molecule has 0 radical (unpaired) electrons. The van der Waals surface area contributed by atoms with Crippen LogP contribution in [0, 0.1) is 0 Å². The molecule has 2 heterocycles. The Balaban J connectivity index is 1.90. The van der Waals surface area contributed by atoms with Crippen molar-refractivity contribution in [2.24, 2.45) is 0 Å². The quantitative estimate of drug-likeness (QED) is 0.821. The second-order valence-corrected chi connectivity index (χ2v) is 4.74. The largest absolute Gasteiger partial charge is 0.341 e. The molecule has 1 saturated heterocycles. The van der Waals surface area contributed by atoms with Gasteiger partial charge in [0.05, 0.1) is 6.54 Å². The second kappa shape index (κ2) is 4.05. The first-order valence-electron chi connectivity index (χ1n) is 6.23. The summed E-state index contributed by atoms with van der Waals surface area (Å²) in [5.41, 5.74) is 0. The Morgan fingerprint density at radius 3 is 2.62 bits per heavy atom. The molecule has 0 amide bonds. The van der Waals surface area contributed by atoms with E-state index in [1.165, 1.54) is 25.7 Å². The molecule has 1 aromatic heterocycles. The summed E-state index contributed by atoms with van der Waals surface area (Å²) >= 11 is 0. The van der Waals surface area contributed by atoms with Gasteiger partial charge in [-0.1, -0.05) is 0 Å². The first-order valence-corrected chi connectivity index (χ1v) is 6.23. The lowest BCUT2D eigenvalue weighted by Gasteiger charge is -2.18. The van der Waals surface area contributed by atoms with Crippen LogP contribution < -0.4 is 10.2 Å². The molecule has 88 valence electrons. The van der Waals surface area contributed by atoms with Gasteiger partial charge in [0.25, 0.3) is 0 Å². The van der Waals surface area contributed by atoms with Crippen molar-refractivity contribution in [3.05, 3.63) is 5.82 Å². The van der Waals surface area contributed by atoms with Crippen LogP contribution in [0.3, 0.4) is 0 Å². The number of rotatable bonds is 4. The normalized spacial score (nSPS) is 20.7. The molecule has 1 N–H and O–H groups in total. The van der Waals surface area contributed by atoms with Gasteiger partial charge < -0.3 is 10.2 Å². The van der Waals surface area contributed by atoms with Gasteiger partial charge in [-0.3, -0.25) is 4.57 Å². The van der Waals surface area contributed by atoms with Crippen molar-refractivity contribution < 1.29 is 0 Å². The van der Waals surface area contributed by atoms with E-state index < -0.39 is 0 Å². The molecule has 1 saturated carbocycles. The van der Waals surface area contributed by atoms with Crippen molar-refractivity contribution in [1.29, 1.82) is 0 Å². The van der Waals surface area contributed by atoms with Crippen LogP contribution >= 0.6 is 0 Å². The van der Waals surface area contributed by atoms with Crippen LogP contribution in [0.25, 0.3) is 0 Å². The fourth-order valence-corrected chi connectivity index (χ4v) is 2.43. The van der Waals surface area contributed by atoms with E-state index in [0.29, 0.717) is 6.04 Å². The highest BCUT2D eigenvalue weighted by Gasteiger charge is 2.31. The van der Waals surface area contributed by atoms with E-state index in [2.05, 4.69) is 25.0 Å². The van der Waals surface area contributed by atoms with E-state index in [9.17, 15) is 0 Å². The Morgan fingerprint density at radius 1 is 1.25 bits per heavy atom. The van der Waals surface area contributed by atoms with Crippen LogP contribution in [0.2, 0.25) is 0 Å². The number of hydrogen-bond donors (Lipinski definition) is 1. The number of aromatic nitrogens is 3. The SMILES string of the molecule is CNCc1nnc(N2CCCC2)n1C1CC1. The molecular weight excluding hydrogens is 202 g/mol. The highest BCUT2D eigenvalue weighted by atomic mass is 15.4. The average molecular weight is 221 g/mol. The fraction of sp³-hybridized carbons (Fsp3) is 0.818. The lowest BCUT2D eigenvalue weighted by Crippen LogP contribution is -2.23. The zero-order valence-corrected chi connectivity index (χ0v) is 9.82. The summed E-state index contributed by atoms with van der Waals surface area (Å²) in [5, 5.41) is 11.9. The summed E-state index contributed by atoms with van der Waals surface area (Å²) in [7, 11) is 1.96. The van der Waals surface area contributed by atoms with Crippen molar-refractivity contribution in [2.75, 3.05) is 25.0 Å². The molecule has 5 heteroatoms. The maximum Gasteiger partial charge on any atom is 0.227 e. The topological polar surface area (TPSA) is 46.0 Å². The van der Waals surface area contributed by atoms with E-state index in [-0.39, 0.29) is 0 Å². The number of hydrogen-bond acceptors (Lipinski definition) is 4. The molecule has 3 rings (SSSR count). The zero-order chi connectivity index (χ0) is 11.0. The van der Waals surface area contributed by atoms with Gasteiger partial charge in [-0.05, 0) is 32.7 Å². The predicted octanol–water partition coefficient (Wildman–Crippen LogP) is 0.933. The van der Waals surface area contributed by atoms with Crippen LogP contribution in [0.15, 0.2) is 0 Å². The van der Waals surface area contributed by atoms with Gasteiger partial charge in [-0.2, -0.15) is 0 Å². The van der Waals surface area contributed by atoms with Crippen LogP contribution in [0.4, 0.5) is 5.95 Å². The molecule has 0 atom stereocenters. The third-order valence-electron chi connectivity index (χ3n) is 3.38. The molecule has 1 aliphatic carbocycles. The highest BCUT2D eigenvalue weighted by Crippen LogP contribution is 2.39. The van der Waals surface area contributed by atoms with Crippen molar-refractivity contribution in [2.45, 2.75) is 38.3 Å². The Kier molecular flexibility index (Phi) is 2.55. The van der Waals surface area contributed by atoms with Gasteiger partial charge in [-0.25, -0.2) is 0 Å². The minimum absolute atomic E-state index is 0.661. The van der Waals surface area contributed by atoms with Crippen LogP contribution in [0.5, 0.6) is 0 Å². The smallest absolute Gasteiger partial charge is 0.227 e. The number of nitrogens with zero attached hydrogens (tertiary/aromatic N) is 4. The Morgan fingerprint density at radius 2 is 2.00 bits per heavy atom. The van der Waals surface area contributed by atoms with Crippen molar-refractivity contribution in [3.63, 3.8) is 0 Å². The molecule has 0 unspecified atom stereocenters. The first-order chi connectivity index (χ1) is 7.90. The van der Waals surface area contributed by atoms with Gasteiger partial charge in [0.1, 0.15) is 5.82 Å². The van der Waals surface area contributed by atoms with Crippen molar-refractivity contribution in [1.82, 2.24) is 20.1 Å². The zero-order valence-electron chi connectivity index (χ0n) is 9.82. The summed E-state index contributed by atoms with van der Waals surface area (Å²) in [5.74, 6) is 2.19. The third kappa shape index (κ3) is 1.69. The predicted molar refractivity (Wildman–Crippen MR) is 62.5 cm³/mol. The molecule has 0 bridgehead atoms. The molecule has 0 spiro atoms. The fourth-order valence-electron chi connectivity index (χ4n) is 2.43. The van der Waals surface area contributed by atoms with Gasteiger partial charge in [0.2, 0.25) is 5.95 Å². The van der Waals surface area contributed by atoms with Crippen molar-refractivity contribution in [3.8, 4) is 0 Å². The minimum atomic E-state index is 0.661. The molecule has 0 aromatic carbocycles. The maximum absolute atomic E-state index is 4.38. The number of anilines is 1. The molecule has 1 aliphatic heterocycles. The first kappa shape index (κ1) is 10.1. The highest BCUT2D eigenvalue weighted by molar-refractivity contribution is 5.34. The van der Waals surface area contributed by atoms with E-state index in [1.807, 2.05) is 7.05 Å². The monoisotopic (exact) mass is 221 g/mol. The summed E-state index contributed by atoms with van der Waals surface area (Å²) in [6.07, 6.45) is 5.16. The van der Waals surface area contributed by atoms with Gasteiger partial charge in [0.15, 0.2) is 0 Å². The van der Waals surface area contributed by atoms with Crippen LogP contribution in [-0.2, 0) is 6.54 Å². The lowest BCUT2D eigenvalue weighted by molar-refractivity contribution is 0.638. The summed E-state index contributed by atoms with van der Waals surface area (Å²) in [6, 6.07) is 0.661. The Hall–Kier alpha value is -1.10. The molecular formula is C11H19N5. The summed E-state index contributed by atoms with van der Waals surface area (Å²) < 4.78 is 2.35. The molecule has 16 heavy (non-hydrogen) atoms. The Labute approximate surface area is 95.8 Å². The van der Waals surface area contributed by atoms with Crippen LogP contribution in [0.1, 0.15) is 37.5 Å². The second-order valence-electron chi connectivity index (χ2n) is 4.74. The summed E-state index contributed by atoms with van der Waals surface area (Å²) in [4.78, 5) is 2.38. The van der Waals surface area contributed by atoms with Gasteiger partial charge in [0, 0.05) is 19.1 Å². The Bertz CT molecular complexity index is 362. The third-order valence-corrected chi connectivity index (χ3v) is 3.38. The van der Waals surface area contributed by atoms with E-state index >= 15 is 0 Å².